The van der Waals surface area contributed by atoms with Gasteiger partial charge in [-0.15, -0.1) is 11.6 Å². The molecule has 0 amide bonds. The zero-order valence-electron chi connectivity index (χ0n) is 9.08. The van der Waals surface area contributed by atoms with E-state index in [-0.39, 0.29) is 18.1 Å². The molecule has 0 radical (unpaired) electrons. The summed E-state index contributed by atoms with van der Waals surface area (Å²) in [6.07, 6.45) is -0.898. The Kier molecular flexibility index (Phi) is 4.81. The summed E-state index contributed by atoms with van der Waals surface area (Å²) in [5, 5.41) is 33.3. The zero-order chi connectivity index (χ0) is 13.7. The third-order valence-electron chi connectivity index (χ3n) is 2.10. The number of hydrogen-bond acceptors (Lipinski definition) is 6. The van der Waals surface area contributed by atoms with Gasteiger partial charge in [0.2, 0.25) is 0 Å². The van der Waals surface area contributed by atoms with Gasteiger partial charge in [0, 0.05) is 12.6 Å². The van der Waals surface area contributed by atoms with Crippen LogP contribution < -0.4 is 5.32 Å². The van der Waals surface area contributed by atoms with E-state index >= 15 is 0 Å². The van der Waals surface area contributed by atoms with E-state index in [1.165, 1.54) is 12.1 Å². The van der Waals surface area contributed by atoms with Gasteiger partial charge in [0.05, 0.1) is 21.8 Å². The normalized spacial score (nSPS) is 11.9. The number of benzene rings is 1. The Morgan fingerprint density at radius 3 is 2.50 bits per heavy atom. The minimum Gasteiger partial charge on any atom is -0.390 e. The Morgan fingerprint density at radius 2 is 2.00 bits per heavy atom. The molecule has 1 aromatic rings. The van der Waals surface area contributed by atoms with Crippen molar-refractivity contribution in [3.63, 3.8) is 0 Å². The van der Waals surface area contributed by atoms with E-state index in [9.17, 15) is 25.3 Å². The molecule has 0 saturated carbocycles. The molecule has 0 bridgehead atoms. The van der Waals surface area contributed by atoms with Crippen molar-refractivity contribution >= 4 is 28.7 Å². The molecule has 0 aliphatic heterocycles. The van der Waals surface area contributed by atoms with E-state index in [1.807, 2.05) is 0 Å². The lowest BCUT2D eigenvalue weighted by atomic mass is 10.2. The Balaban J connectivity index is 3.07. The van der Waals surface area contributed by atoms with Gasteiger partial charge in [0.25, 0.3) is 0 Å². The van der Waals surface area contributed by atoms with E-state index < -0.39 is 27.3 Å². The van der Waals surface area contributed by atoms with Crippen LogP contribution in [0.4, 0.5) is 17.1 Å². The van der Waals surface area contributed by atoms with Gasteiger partial charge in [-0.1, -0.05) is 6.07 Å². The third kappa shape index (κ3) is 3.28. The highest BCUT2D eigenvalue weighted by molar-refractivity contribution is 6.18. The van der Waals surface area contributed by atoms with Gasteiger partial charge in [-0.25, -0.2) is 0 Å². The van der Waals surface area contributed by atoms with Crippen molar-refractivity contribution in [1.29, 1.82) is 0 Å². The number of rotatable bonds is 6. The van der Waals surface area contributed by atoms with Crippen LogP contribution in [0.2, 0.25) is 0 Å². The molecule has 0 saturated heterocycles. The average molecular weight is 276 g/mol. The van der Waals surface area contributed by atoms with Crippen molar-refractivity contribution in [1.82, 2.24) is 0 Å². The highest BCUT2D eigenvalue weighted by Gasteiger charge is 2.28. The fourth-order valence-electron chi connectivity index (χ4n) is 1.30. The summed E-state index contributed by atoms with van der Waals surface area (Å²) in [6.45, 7) is -0.0362. The highest BCUT2D eigenvalue weighted by Crippen LogP contribution is 2.34. The lowest BCUT2D eigenvalue weighted by Crippen LogP contribution is -2.21. The van der Waals surface area contributed by atoms with Crippen molar-refractivity contribution in [3.8, 4) is 0 Å². The topological polar surface area (TPSA) is 119 Å². The van der Waals surface area contributed by atoms with Crippen molar-refractivity contribution in [2.24, 2.45) is 0 Å². The van der Waals surface area contributed by atoms with Gasteiger partial charge in [0.15, 0.2) is 0 Å². The molecule has 2 N–H and O–H groups in total. The lowest BCUT2D eigenvalue weighted by Gasteiger charge is -2.09. The number of anilines is 1. The first-order valence-electron chi connectivity index (χ1n) is 4.87. The smallest absolute Gasteiger partial charge is 0.368 e. The lowest BCUT2D eigenvalue weighted by molar-refractivity contribution is -0.421. The monoisotopic (exact) mass is 275 g/mol. The molecule has 1 unspecified atom stereocenters. The minimum atomic E-state index is -0.898. The van der Waals surface area contributed by atoms with Gasteiger partial charge in [-0.05, 0) is 6.07 Å². The first-order valence-corrected chi connectivity index (χ1v) is 5.40. The van der Waals surface area contributed by atoms with Crippen molar-refractivity contribution < 1.29 is 15.0 Å². The van der Waals surface area contributed by atoms with Crippen LogP contribution in [0.1, 0.15) is 0 Å². The van der Waals surface area contributed by atoms with Crippen LogP contribution in [0, 0.1) is 20.2 Å². The predicted molar refractivity (Wildman–Crippen MR) is 65.0 cm³/mol. The molecule has 0 aliphatic rings. The number of nitrogens with one attached hydrogen (secondary N) is 1. The number of hydrogen-bond donors (Lipinski definition) is 2. The van der Waals surface area contributed by atoms with Crippen molar-refractivity contribution in [2.45, 2.75) is 6.10 Å². The molecular formula is C9H10ClN3O5. The van der Waals surface area contributed by atoms with Crippen LogP contribution >= 0.6 is 11.6 Å². The Bertz CT molecular complexity index is 468. The largest absolute Gasteiger partial charge is 0.390 e. The summed E-state index contributed by atoms with van der Waals surface area (Å²) in [5.74, 6) is -0.0459. The summed E-state index contributed by atoms with van der Waals surface area (Å²) in [7, 11) is 0. The second-order valence-electron chi connectivity index (χ2n) is 3.38. The quantitative estimate of drug-likeness (QED) is 0.461. The van der Waals surface area contributed by atoms with Gasteiger partial charge < -0.3 is 10.4 Å². The second kappa shape index (κ2) is 6.12. The maximum Gasteiger partial charge on any atom is 0.368 e. The average Bonchev–Trinajstić information content (AvgIpc) is 2.34. The van der Waals surface area contributed by atoms with Crippen LogP contribution in [-0.4, -0.2) is 33.5 Å². The van der Waals surface area contributed by atoms with Crippen molar-refractivity contribution in [2.75, 3.05) is 17.7 Å². The second-order valence-corrected chi connectivity index (χ2v) is 3.69. The van der Waals surface area contributed by atoms with Gasteiger partial charge in [-0.2, -0.15) is 0 Å². The van der Waals surface area contributed by atoms with Gasteiger partial charge in [0.1, 0.15) is 5.69 Å². The fraction of sp³-hybridized carbons (Fsp3) is 0.333. The molecule has 1 aromatic carbocycles. The zero-order valence-corrected chi connectivity index (χ0v) is 9.83. The maximum absolute atomic E-state index is 10.8. The molecule has 0 aliphatic carbocycles. The van der Waals surface area contributed by atoms with Crippen molar-refractivity contribution in [3.05, 3.63) is 38.4 Å². The SMILES string of the molecule is O=[N+]([O-])c1cccc(NCC(O)CCl)c1[N+](=O)[O-]. The summed E-state index contributed by atoms with van der Waals surface area (Å²) in [4.78, 5) is 19.8. The maximum atomic E-state index is 10.8. The summed E-state index contributed by atoms with van der Waals surface area (Å²) < 4.78 is 0. The Morgan fingerprint density at radius 1 is 1.33 bits per heavy atom. The molecule has 0 fully saturated rings. The van der Waals surface area contributed by atoms with Gasteiger partial charge in [-0.3, -0.25) is 20.2 Å². The van der Waals surface area contributed by atoms with E-state index in [0.717, 1.165) is 6.07 Å². The van der Waals surface area contributed by atoms with E-state index in [2.05, 4.69) is 5.32 Å². The van der Waals surface area contributed by atoms with E-state index in [1.54, 1.807) is 0 Å². The first-order chi connectivity index (χ1) is 8.47. The van der Waals surface area contributed by atoms with Crippen LogP contribution in [0.25, 0.3) is 0 Å². The number of halogens is 1. The van der Waals surface area contributed by atoms with E-state index in [4.69, 9.17) is 11.6 Å². The molecule has 9 heteroatoms. The summed E-state index contributed by atoms with van der Waals surface area (Å²) in [5.41, 5.74) is -1.27. The number of para-hydroxylation sites is 1. The standard InChI is InChI=1S/C9H10ClN3O5/c10-4-6(14)5-11-7-2-1-3-8(12(15)16)9(7)13(17)18/h1-3,6,11,14H,4-5H2. The molecule has 8 nitrogen and oxygen atoms in total. The highest BCUT2D eigenvalue weighted by atomic mass is 35.5. The number of aliphatic hydroxyl groups excluding tert-OH is 1. The molecular weight excluding hydrogens is 266 g/mol. The fourth-order valence-corrected chi connectivity index (χ4v) is 1.40. The molecule has 1 rings (SSSR count). The third-order valence-corrected chi connectivity index (χ3v) is 2.46. The van der Waals surface area contributed by atoms with Crippen LogP contribution in [0.15, 0.2) is 18.2 Å². The Hall–Kier alpha value is -1.93. The predicted octanol–water partition coefficient (Wildman–Crippen LogP) is 1.51. The number of nitro benzene ring substituents is 2. The molecule has 0 aromatic heterocycles. The number of nitrogens with zero attached hydrogens (tertiary/aromatic N) is 2. The molecule has 0 heterocycles. The van der Waals surface area contributed by atoms with E-state index in [0.29, 0.717) is 0 Å². The molecule has 1 atom stereocenters. The minimum absolute atomic E-state index is 0.0293. The Labute approximate surface area is 106 Å². The number of nitro groups is 2. The first kappa shape index (κ1) is 14.1. The molecule has 18 heavy (non-hydrogen) atoms. The van der Waals surface area contributed by atoms with Crippen LogP contribution in [-0.2, 0) is 0 Å². The van der Waals surface area contributed by atoms with Crippen LogP contribution in [0.3, 0.4) is 0 Å². The molecule has 98 valence electrons. The number of alkyl halides is 1. The molecule has 0 spiro atoms. The summed E-state index contributed by atoms with van der Waals surface area (Å²) in [6, 6.07) is 3.69. The number of aliphatic hydroxyl groups is 1. The van der Waals surface area contributed by atoms with Crippen LogP contribution in [0.5, 0.6) is 0 Å². The van der Waals surface area contributed by atoms with Gasteiger partial charge >= 0.3 is 11.4 Å². The summed E-state index contributed by atoms with van der Waals surface area (Å²) >= 11 is 5.37.